The van der Waals surface area contributed by atoms with Crippen molar-refractivity contribution in [2.75, 3.05) is 11.9 Å². The minimum atomic E-state index is -0.273. The molecule has 0 bridgehead atoms. The summed E-state index contributed by atoms with van der Waals surface area (Å²) in [5.74, 6) is 1.39. The van der Waals surface area contributed by atoms with Crippen molar-refractivity contribution in [1.82, 2.24) is 14.8 Å². The summed E-state index contributed by atoms with van der Waals surface area (Å²) in [6.07, 6.45) is 0.565. The van der Waals surface area contributed by atoms with Crippen LogP contribution in [-0.2, 0) is 13.5 Å². The van der Waals surface area contributed by atoms with Crippen LogP contribution in [0.15, 0.2) is 48.5 Å². The van der Waals surface area contributed by atoms with Crippen LogP contribution in [0.3, 0.4) is 0 Å². The average molecular weight is 312 g/mol. The Kier molecular flexibility index (Phi) is 3.97. The second-order valence-electron chi connectivity index (χ2n) is 5.36. The zero-order valence-corrected chi connectivity index (χ0v) is 12.9. The lowest BCUT2D eigenvalue weighted by Gasteiger charge is -2.18. The Bertz CT molecular complexity index is 814. The molecular formula is C17H17FN4O. The molecule has 0 amide bonds. The molecule has 0 fully saturated rings. The fourth-order valence-electron chi connectivity index (χ4n) is 2.43. The Morgan fingerprint density at radius 2 is 1.87 bits per heavy atom. The molecule has 2 aromatic carbocycles. The van der Waals surface area contributed by atoms with Crippen LogP contribution in [0.2, 0.25) is 0 Å². The van der Waals surface area contributed by atoms with E-state index in [-0.39, 0.29) is 11.6 Å². The summed E-state index contributed by atoms with van der Waals surface area (Å²) < 4.78 is 14.9. The van der Waals surface area contributed by atoms with Gasteiger partial charge in [-0.15, -0.1) is 10.2 Å². The zero-order chi connectivity index (χ0) is 16.4. The molecular weight excluding hydrogens is 295 g/mol. The van der Waals surface area contributed by atoms with Crippen LogP contribution >= 0.6 is 0 Å². The second-order valence-corrected chi connectivity index (χ2v) is 5.36. The quantitative estimate of drug-likeness (QED) is 0.804. The number of halogens is 1. The van der Waals surface area contributed by atoms with E-state index < -0.39 is 0 Å². The van der Waals surface area contributed by atoms with Gasteiger partial charge in [-0.2, -0.15) is 0 Å². The van der Waals surface area contributed by atoms with Crippen LogP contribution in [0.1, 0.15) is 11.4 Å². The van der Waals surface area contributed by atoms with Crippen molar-refractivity contribution in [2.45, 2.75) is 6.42 Å². The fourth-order valence-corrected chi connectivity index (χ4v) is 2.43. The SMILES string of the molecule is CN(c1ccc(F)cc1)c1nnc(Cc2cccc(O)c2)n1C. The van der Waals surface area contributed by atoms with Gasteiger partial charge in [-0.1, -0.05) is 12.1 Å². The van der Waals surface area contributed by atoms with Crippen molar-refractivity contribution in [3.05, 3.63) is 65.7 Å². The van der Waals surface area contributed by atoms with Gasteiger partial charge < -0.3 is 10.0 Å². The predicted octanol–water partition coefficient (Wildman–Crippen LogP) is 3.02. The number of aromatic hydroxyl groups is 1. The van der Waals surface area contributed by atoms with E-state index in [9.17, 15) is 9.50 Å². The molecule has 0 saturated carbocycles. The highest BCUT2D eigenvalue weighted by molar-refractivity contribution is 5.56. The number of hydrogen-bond donors (Lipinski definition) is 1. The van der Waals surface area contributed by atoms with Crippen molar-refractivity contribution in [3.8, 4) is 5.75 Å². The minimum absolute atomic E-state index is 0.230. The van der Waals surface area contributed by atoms with Gasteiger partial charge in [0, 0.05) is 26.2 Å². The monoisotopic (exact) mass is 312 g/mol. The first kappa shape index (κ1) is 15.0. The normalized spacial score (nSPS) is 10.7. The molecule has 0 aliphatic carbocycles. The molecule has 1 N–H and O–H groups in total. The van der Waals surface area contributed by atoms with Gasteiger partial charge in [0.2, 0.25) is 5.95 Å². The number of phenols is 1. The zero-order valence-electron chi connectivity index (χ0n) is 12.9. The van der Waals surface area contributed by atoms with E-state index in [0.29, 0.717) is 12.4 Å². The summed E-state index contributed by atoms with van der Waals surface area (Å²) in [6.45, 7) is 0. The van der Waals surface area contributed by atoms with E-state index in [1.807, 2.05) is 29.6 Å². The van der Waals surface area contributed by atoms with Crippen molar-refractivity contribution in [3.63, 3.8) is 0 Å². The van der Waals surface area contributed by atoms with E-state index in [1.165, 1.54) is 12.1 Å². The Hall–Kier alpha value is -2.89. The molecule has 5 nitrogen and oxygen atoms in total. The topological polar surface area (TPSA) is 54.2 Å². The van der Waals surface area contributed by atoms with Gasteiger partial charge in [0.25, 0.3) is 0 Å². The molecule has 0 aliphatic rings. The summed E-state index contributed by atoms with van der Waals surface area (Å²) in [6, 6.07) is 13.3. The molecule has 0 spiro atoms. The Morgan fingerprint density at radius 3 is 2.57 bits per heavy atom. The lowest BCUT2D eigenvalue weighted by atomic mass is 10.1. The lowest BCUT2D eigenvalue weighted by Crippen LogP contribution is -2.15. The molecule has 0 unspecified atom stereocenters. The molecule has 0 saturated heterocycles. The maximum Gasteiger partial charge on any atom is 0.231 e. The van der Waals surface area contributed by atoms with Gasteiger partial charge in [0.1, 0.15) is 17.4 Å². The second kappa shape index (κ2) is 6.08. The third-order valence-electron chi connectivity index (χ3n) is 3.73. The van der Waals surface area contributed by atoms with E-state index in [1.54, 1.807) is 30.3 Å². The van der Waals surface area contributed by atoms with E-state index in [0.717, 1.165) is 17.1 Å². The Labute approximate surface area is 133 Å². The van der Waals surface area contributed by atoms with Crippen LogP contribution in [0, 0.1) is 5.82 Å². The largest absolute Gasteiger partial charge is 0.508 e. The Balaban J connectivity index is 1.85. The number of benzene rings is 2. The number of anilines is 2. The first-order chi connectivity index (χ1) is 11.0. The van der Waals surface area contributed by atoms with Crippen LogP contribution in [0.5, 0.6) is 5.75 Å². The van der Waals surface area contributed by atoms with Crippen LogP contribution in [0.4, 0.5) is 16.0 Å². The summed E-state index contributed by atoms with van der Waals surface area (Å²) in [5.41, 5.74) is 1.78. The smallest absolute Gasteiger partial charge is 0.231 e. The number of nitrogens with zero attached hydrogens (tertiary/aromatic N) is 4. The highest BCUT2D eigenvalue weighted by Gasteiger charge is 2.14. The average Bonchev–Trinajstić information content (AvgIpc) is 2.88. The molecule has 1 aromatic heterocycles. The van der Waals surface area contributed by atoms with E-state index in [2.05, 4.69) is 10.2 Å². The molecule has 0 atom stereocenters. The molecule has 0 radical (unpaired) electrons. The lowest BCUT2D eigenvalue weighted by molar-refractivity contribution is 0.474. The van der Waals surface area contributed by atoms with E-state index in [4.69, 9.17) is 0 Å². The number of hydrogen-bond acceptors (Lipinski definition) is 4. The summed E-state index contributed by atoms with van der Waals surface area (Å²) in [7, 11) is 3.74. The summed E-state index contributed by atoms with van der Waals surface area (Å²) in [4.78, 5) is 1.85. The summed E-state index contributed by atoms with van der Waals surface area (Å²) in [5, 5.41) is 18.0. The third kappa shape index (κ3) is 3.15. The maximum atomic E-state index is 13.0. The highest BCUT2D eigenvalue weighted by Crippen LogP contribution is 2.23. The fraction of sp³-hybridized carbons (Fsp3) is 0.176. The van der Waals surface area contributed by atoms with Crippen LogP contribution < -0.4 is 4.90 Å². The molecule has 3 aromatic rings. The van der Waals surface area contributed by atoms with Crippen molar-refractivity contribution in [1.29, 1.82) is 0 Å². The standard InChI is InChI=1S/C17H17FN4O/c1-21(14-8-6-13(18)7-9-14)17-20-19-16(22(17)2)11-12-4-3-5-15(23)10-12/h3-10,23H,11H2,1-2H3. The van der Waals surface area contributed by atoms with Gasteiger partial charge in [-0.25, -0.2) is 4.39 Å². The molecule has 3 rings (SSSR count). The predicted molar refractivity (Wildman–Crippen MR) is 86.4 cm³/mol. The molecule has 6 heteroatoms. The van der Waals surface area contributed by atoms with Gasteiger partial charge in [-0.3, -0.25) is 4.57 Å². The van der Waals surface area contributed by atoms with Gasteiger partial charge in [0.15, 0.2) is 0 Å². The minimum Gasteiger partial charge on any atom is -0.508 e. The van der Waals surface area contributed by atoms with Crippen LogP contribution in [-0.4, -0.2) is 26.9 Å². The Morgan fingerprint density at radius 1 is 1.13 bits per heavy atom. The molecule has 1 heterocycles. The molecule has 0 aliphatic heterocycles. The number of phenolic OH excluding ortho intramolecular Hbond substituents is 1. The van der Waals surface area contributed by atoms with Crippen molar-refractivity contribution in [2.24, 2.45) is 7.05 Å². The van der Waals surface area contributed by atoms with Gasteiger partial charge >= 0.3 is 0 Å². The molecule has 23 heavy (non-hydrogen) atoms. The summed E-state index contributed by atoms with van der Waals surface area (Å²) >= 11 is 0. The van der Waals surface area contributed by atoms with Crippen molar-refractivity contribution < 1.29 is 9.50 Å². The van der Waals surface area contributed by atoms with Crippen LogP contribution in [0.25, 0.3) is 0 Å². The third-order valence-corrected chi connectivity index (χ3v) is 3.73. The highest BCUT2D eigenvalue weighted by atomic mass is 19.1. The number of rotatable bonds is 4. The molecule has 118 valence electrons. The van der Waals surface area contributed by atoms with Gasteiger partial charge in [0.05, 0.1) is 0 Å². The van der Waals surface area contributed by atoms with Crippen molar-refractivity contribution >= 4 is 11.6 Å². The first-order valence-electron chi connectivity index (χ1n) is 7.20. The van der Waals surface area contributed by atoms with Gasteiger partial charge in [-0.05, 0) is 42.0 Å². The number of aromatic nitrogens is 3. The van der Waals surface area contributed by atoms with E-state index >= 15 is 0 Å². The maximum absolute atomic E-state index is 13.0. The first-order valence-corrected chi connectivity index (χ1v) is 7.20.